The minimum atomic E-state index is -4.15. The Labute approximate surface area is 128 Å². The number of thiocarbonyl (C=S) groups is 1. The first-order valence-electron chi connectivity index (χ1n) is 6.98. The van der Waals surface area contributed by atoms with E-state index >= 15 is 0 Å². The number of nitrogens with zero attached hydrogens (tertiary/aromatic N) is 1. The average molecular weight is 316 g/mol. The maximum absolute atomic E-state index is 12.8. The lowest BCUT2D eigenvalue weighted by atomic mass is 9.98. The Morgan fingerprint density at radius 2 is 2.05 bits per heavy atom. The van der Waals surface area contributed by atoms with Crippen LogP contribution in [0.2, 0.25) is 0 Å². The van der Waals surface area contributed by atoms with Gasteiger partial charge in [0.1, 0.15) is 0 Å². The van der Waals surface area contributed by atoms with Gasteiger partial charge < -0.3 is 10.2 Å². The van der Waals surface area contributed by atoms with E-state index in [0.717, 1.165) is 16.8 Å². The molecule has 0 spiro atoms. The highest BCUT2D eigenvalue weighted by Crippen LogP contribution is 2.33. The second-order valence-corrected chi connectivity index (χ2v) is 5.89. The summed E-state index contributed by atoms with van der Waals surface area (Å²) in [5, 5.41) is 3.46. The van der Waals surface area contributed by atoms with Gasteiger partial charge in [0, 0.05) is 18.8 Å². The molecule has 116 valence electrons. The molecule has 1 N–H and O–H groups in total. The predicted molar refractivity (Wildman–Crippen MR) is 82.5 cm³/mol. The molecule has 0 aliphatic carbocycles. The predicted octanol–water partition coefficient (Wildman–Crippen LogP) is 4.27. The van der Waals surface area contributed by atoms with Gasteiger partial charge in [0.15, 0.2) is 5.11 Å². The van der Waals surface area contributed by atoms with Crippen LogP contribution in [0.3, 0.4) is 0 Å². The number of likely N-dealkylation sites (tertiary alicyclic amines) is 1. The Hall–Kier alpha value is -1.30. The summed E-state index contributed by atoms with van der Waals surface area (Å²) in [4.78, 5) is 1.62. The molecule has 1 aromatic carbocycles. The van der Waals surface area contributed by atoms with Crippen molar-refractivity contribution in [1.82, 2.24) is 4.90 Å². The van der Waals surface area contributed by atoms with Crippen LogP contribution >= 0.6 is 12.2 Å². The average Bonchev–Trinajstić information content (AvgIpc) is 2.43. The highest BCUT2D eigenvalue weighted by molar-refractivity contribution is 7.80. The molecule has 0 bridgehead atoms. The summed E-state index contributed by atoms with van der Waals surface area (Å²) in [6.45, 7) is 4.47. The van der Waals surface area contributed by atoms with Crippen molar-refractivity contribution in [3.8, 4) is 0 Å². The summed E-state index contributed by atoms with van der Waals surface area (Å²) in [6, 6.07) is 5.78. The van der Waals surface area contributed by atoms with Crippen LogP contribution in [0.25, 0.3) is 0 Å². The first-order chi connectivity index (χ1) is 9.79. The van der Waals surface area contributed by atoms with E-state index in [4.69, 9.17) is 12.2 Å². The fraction of sp³-hybridized carbons (Fsp3) is 0.533. The van der Waals surface area contributed by atoms with Gasteiger partial charge >= 0.3 is 6.18 Å². The number of anilines is 1. The van der Waals surface area contributed by atoms with Gasteiger partial charge in [-0.3, -0.25) is 0 Å². The molecule has 1 fully saturated rings. The number of benzene rings is 1. The maximum atomic E-state index is 12.8. The number of aryl methyl sites for hydroxylation is 1. The second kappa shape index (κ2) is 6.22. The molecule has 0 amide bonds. The van der Waals surface area contributed by atoms with Gasteiger partial charge in [-0.25, -0.2) is 0 Å². The first kappa shape index (κ1) is 16.1. The molecule has 1 aliphatic rings. The van der Waals surface area contributed by atoms with Crippen LogP contribution in [0.15, 0.2) is 18.2 Å². The molecule has 0 saturated carbocycles. The molecule has 21 heavy (non-hydrogen) atoms. The van der Waals surface area contributed by atoms with Crippen molar-refractivity contribution in [2.24, 2.45) is 5.92 Å². The van der Waals surface area contributed by atoms with Crippen LogP contribution in [0.1, 0.15) is 24.0 Å². The monoisotopic (exact) mass is 316 g/mol. The third kappa shape index (κ3) is 3.87. The van der Waals surface area contributed by atoms with Gasteiger partial charge in [-0.05, 0) is 56.1 Å². The molecular weight excluding hydrogens is 297 g/mol. The van der Waals surface area contributed by atoms with Crippen LogP contribution in [-0.2, 0) is 0 Å². The van der Waals surface area contributed by atoms with Crippen molar-refractivity contribution in [2.45, 2.75) is 32.9 Å². The quantitative estimate of drug-likeness (QED) is 0.779. The van der Waals surface area contributed by atoms with Crippen LogP contribution < -0.4 is 5.32 Å². The van der Waals surface area contributed by atoms with E-state index in [0.29, 0.717) is 18.1 Å². The van der Waals surface area contributed by atoms with E-state index in [1.807, 2.05) is 32.0 Å². The van der Waals surface area contributed by atoms with E-state index < -0.39 is 12.1 Å². The number of halogens is 3. The van der Waals surface area contributed by atoms with E-state index in [-0.39, 0.29) is 13.0 Å². The van der Waals surface area contributed by atoms with Crippen molar-refractivity contribution in [2.75, 3.05) is 18.4 Å². The van der Waals surface area contributed by atoms with E-state index in [9.17, 15) is 13.2 Å². The van der Waals surface area contributed by atoms with Crippen molar-refractivity contribution < 1.29 is 13.2 Å². The number of alkyl halides is 3. The molecular formula is C15H19F3N2S. The zero-order chi connectivity index (χ0) is 15.6. The van der Waals surface area contributed by atoms with Crippen molar-refractivity contribution in [3.05, 3.63) is 29.3 Å². The van der Waals surface area contributed by atoms with Gasteiger partial charge in [0.05, 0.1) is 5.92 Å². The number of hydrogen-bond donors (Lipinski definition) is 1. The van der Waals surface area contributed by atoms with Gasteiger partial charge in [0.25, 0.3) is 0 Å². The largest absolute Gasteiger partial charge is 0.393 e. The molecule has 1 unspecified atom stereocenters. The minimum Gasteiger partial charge on any atom is -0.348 e. The third-order valence-electron chi connectivity index (χ3n) is 4.02. The van der Waals surface area contributed by atoms with Gasteiger partial charge in [-0.2, -0.15) is 13.2 Å². The number of hydrogen-bond acceptors (Lipinski definition) is 1. The smallest absolute Gasteiger partial charge is 0.348 e. The van der Waals surface area contributed by atoms with E-state index in [1.54, 1.807) is 4.90 Å². The zero-order valence-corrected chi connectivity index (χ0v) is 12.9. The number of piperidine rings is 1. The zero-order valence-electron chi connectivity index (χ0n) is 12.1. The molecule has 0 aromatic heterocycles. The number of nitrogens with one attached hydrogen (secondary N) is 1. The molecule has 6 heteroatoms. The standard InChI is InChI=1S/C15H19F3N2S/c1-10-5-3-7-13(11(10)2)19-14(21)20-8-4-6-12(9-20)15(16,17)18/h3,5,7,12H,4,6,8-9H2,1-2H3,(H,19,21). The summed E-state index contributed by atoms with van der Waals surface area (Å²) in [6.07, 6.45) is -3.45. The van der Waals surface area contributed by atoms with Crippen LogP contribution in [0, 0.1) is 19.8 Å². The highest BCUT2D eigenvalue weighted by atomic mass is 32.1. The molecule has 1 aliphatic heterocycles. The summed E-state index contributed by atoms with van der Waals surface area (Å²) in [5.41, 5.74) is 3.04. The van der Waals surface area contributed by atoms with Crippen LogP contribution in [-0.4, -0.2) is 29.3 Å². The minimum absolute atomic E-state index is 0.0554. The molecule has 2 nitrogen and oxygen atoms in total. The molecule has 2 rings (SSSR count). The maximum Gasteiger partial charge on any atom is 0.393 e. The summed E-state index contributed by atoms with van der Waals surface area (Å²) < 4.78 is 38.5. The molecule has 1 atom stereocenters. The fourth-order valence-corrected chi connectivity index (χ4v) is 2.79. The Morgan fingerprint density at radius 1 is 1.33 bits per heavy atom. The lowest BCUT2D eigenvalue weighted by molar-refractivity contribution is -0.183. The first-order valence-corrected chi connectivity index (χ1v) is 7.38. The molecule has 1 aromatic rings. The molecule has 1 heterocycles. The SMILES string of the molecule is Cc1cccc(NC(=S)N2CCCC(C(F)(F)F)C2)c1C. The highest BCUT2D eigenvalue weighted by Gasteiger charge is 2.42. The topological polar surface area (TPSA) is 15.3 Å². The van der Waals surface area contributed by atoms with E-state index in [2.05, 4.69) is 5.32 Å². The van der Waals surface area contributed by atoms with Crippen LogP contribution in [0.5, 0.6) is 0 Å². The van der Waals surface area contributed by atoms with Crippen molar-refractivity contribution in [3.63, 3.8) is 0 Å². The molecule has 0 radical (unpaired) electrons. The van der Waals surface area contributed by atoms with E-state index in [1.165, 1.54) is 0 Å². The van der Waals surface area contributed by atoms with Crippen LogP contribution in [0.4, 0.5) is 18.9 Å². The Kier molecular flexibility index (Phi) is 4.76. The third-order valence-corrected chi connectivity index (χ3v) is 4.38. The Morgan fingerprint density at radius 3 is 2.71 bits per heavy atom. The summed E-state index contributed by atoms with van der Waals surface area (Å²) in [5.74, 6) is -1.29. The Balaban J connectivity index is 2.05. The second-order valence-electron chi connectivity index (χ2n) is 5.50. The molecule has 1 saturated heterocycles. The van der Waals surface area contributed by atoms with Gasteiger partial charge in [0.2, 0.25) is 0 Å². The fourth-order valence-electron chi connectivity index (χ4n) is 2.51. The number of rotatable bonds is 1. The normalized spacial score (nSPS) is 19.5. The van der Waals surface area contributed by atoms with Gasteiger partial charge in [-0.15, -0.1) is 0 Å². The summed E-state index contributed by atoms with van der Waals surface area (Å²) in [7, 11) is 0. The lowest BCUT2D eigenvalue weighted by Gasteiger charge is -2.35. The van der Waals surface area contributed by atoms with Crippen molar-refractivity contribution >= 4 is 23.0 Å². The lowest BCUT2D eigenvalue weighted by Crippen LogP contribution is -2.46. The summed E-state index contributed by atoms with van der Waals surface area (Å²) >= 11 is 5.28. The Bertz CT molecular complexity index is 528. The van der Waals surface area contributed by atoms with Gasteiger partial charge in [-0.1, -0.05) is 12.1 Å². The van der Waals surface area contributed by atoms with Crippen molar-refractivity contribution in [1.29, 1.82) is 0 Å².